The fraction of sp³-hybridized carbons (Fsp3) is 0.560. The number of nitrogens with zero attached hydrogens (tertiary/aromatic N) is 4. The maximum atomic E-state index is 14.8. The first-order chi connectivity index (χ1) is 16.8. The van der Waals surface area contributed by atoms with Crippen molar-refractivity contribution in [3.63, 3.8) is 0 Å². The summed E-state index contributed by atoms with van der Waals surface area (Å²) in [6.45, 7) is 6.23. The van der Waals surface area contributed by atoms with Crippen LogP contribution in [0.5, 0.6) is 0 Å². The topological polar surface area (TPSA) is 70.5 Å². The summed E-state index contributed by atoms with van der Waals surface area (Å²) in [5.41, 5.74) is 0.0942. The van der Waals surface area contributed by atoms with Crippen molar-refractivity contribution in [2.75, 3.05) is 26.7 Å². The Hall–Kier alpha value is -2.59. The van der Waals surface area contributed by atoms with Crippen molar-refractivity contribution in [1.29, 1.82) is 0 Å². The molecule has 7 nitrogen and oxygen atoms in total. The first-order valence-electron chi connectivity index (χ1n) is 12.0. The predicted octanol–water partition coefficient (Wildman–Crippen LogP) is 4.19. The maximum absolute atomic E-state index is 14.8. The highest BCUT2D eigenvalue weighted by molar-refractivity contribution is 6.30. The van der Waals surface area contributed by atoms with Crippen molar-refractivity contribution in [2.24, 2.45) is 5.41 Å². The first kappa shape index (κ1) is 26.5. The maximum Gasteiger partial charge on any atom is 0.272 e. The van der Waals surface area contributed by atoms with Gasteiger partial charge in [-0.15, -0.1) is 0 Å². The summed E-state index contributed by atoms with van der Waals surface area (Å²) >= 11 is 6.12. The average molecular weight is 526 g/mol. The van der Waals surface area contributed by atoms with Crippen molar-refractivity contribution >= 4 is 23.4 Å². The molecule has 1 saturated heterocycles. The molecule has 3 heterocycles. The SMILES string of the molecule is CN1CCCn2c(-c3cc(Cl)ccc3F)nc(C(=O)N[C@H](C(=O)N3CCC(F)(F)C3)C(C)(C)C)c2C1. The van der Waals surface area contributed by atoms with Crippen LogP contribution in [0, 0.1) is 11.2 Å². The highest BCUT2D eigenvalue weighted by Crippen LogP contribution is 2.32. The molecular weight excluding hydrogens is 495 g/mol. The number of carbonyl (C=O) groups excluding carboxylic acids is 2. The van der Waals surface area contributed by atoms with Gasteiger partial charge in [0, 0.05) is 31.1 Å². The zero-order valence-corrected chi connectivity index (χ0v) is 21.6. The van der Waals surface area contributed by atoms with Gasteiger partial charge in [0.05, 0.1) is 17.8 Å². The smallest absolute Gasteiger partial charge is 0.272 e. The van der Waals surface area contributed by atoms with E-state index in [4.69, 9.17) is 11.6 Å². The second-order valence-electron chi connectivity index (χ2n) is 10.7. The largest absolute Gasteiger partial charge is 0.338 e. The summed E-state index contributed by atoms with van der Waals surface area (Å²) in [5.74, 6) is -4.35. The lowest BCUT2D eigenvalue weighted by atomic mass is 9.85. The van der Waals surface area contributed by atoms with E-state index in [1.165, 1.54) is 18.2 Å². The molecule has 0 aliphatic carbocycles. The summed E-state index contributed by atoms with van der Waals surface area (Å²) in [6.07, 6.45) is 0.362. The number of benzene rings is 1. The Kier molecular flexibility index (Phi) is 7.13. The van der Waals surface area contributed by atoms with Gasteiger partial charge >= 0.3 is 0 Å². The molecule has 11 heteroatoms. The molecule has 2 aliphatic rings. The standard InChI is InChI=1S/C25H31ClF3N5O2/c1-24(2,3)20(23(36)33-11-8-25(28,29)14-33)31-22(35)19-18-13-32(4)9-5-10-34(18)21(30-19)16-12-15(26)6-7-17(16)27/h6-7,12,20H,5,8-11,13-14H2,1-4H3,(H,31,35)/t20-/m1/s1. The van der Waals surface area contributed by atoms with E-state index in [0.717, 1.165) is 17.9 Å². The van der Waals surface area contributed by atoms with Gasteiger partial charge in [0.2, 0.25) is 5.91 Å². The predicted molar refractivity (Wildman–Crippen MR) is 130 cm³/mol. The van der Waals surface area contributed by atoms with Crippen LogP contribution in [0.3, 0.4) is 0 Å². The minimum Gasteiger partial charge on any atom is -0.338 e. The number of aromatic nitrogens is 2. The number of halogens is 4. The molecule has 2 amide bonds. The van der Waals surface area contributed by atoms with Gasteiger partial charge in [-0.2, -0.15) is 0 Å². The van der Waals surface area contributed by atoms with Crippen LogP contribution in [0.2, 0.25) is 5.02 Å². The highest BCUT2D eigenvalue weighted by atomic mass is 35.5. The quantitative estimate of drug-likeness (QED) is 0.650. The van der Waals surface area contributed by atoms with E-state index in [2.05, 4.69) is 10.3 Å². The number of alkyl halides is 2. The molecule has 4 rings (SSSR count). The molecule has 1 N–H and O–H groups in total. The number of carbonyl (C=O) groups is 2. The van der Waals surface area contributed by atoms with Crippen LogP contribution in [0.4, 0.5) is 13.2 Å². The number of hydrogen-bond donors (Lipinski definition) is 1. The number of amides is 2. The number of likely N-dealkylation sites (tertiary alicyclic amines) is 1. The van der Waals surface area contributed by atoms with Crippen LogP contribution in [-0.4, -0.2) is 69.8 Å². The van der Waals surface area contributed by atoms with E-state index in [0.29, 0.717) is 23.8 Å². The normalized spacial score (nSPS) is 19.1. The molecule has 0 unspecified atom stereocenters. The van der Waals surface area contributed by atoms with Gasteiger partial charge in [0.25, 0.3) is 11.8 Å². The first-order valence-corrected chi connectivity index (χ1v) is 12.4. The molecule has 0 spiro atoms. The molecule has 0 bridgehead atoms. The van der Waals surface area contributed by atoms with Gasteiger partial charge in [0.1, 0.15) is 17.7 Å². The number of imidazole rings is 1. The molecule has 1 fully saturated rings. The number of fused-ring (bicyclic) bond motifs is 1. The Morgan fingerprint density at radius 3 is 2.56 bits per heavy atom. The summed E-state index contributed by atoms with van der Waals surface area (Å²) in [7, 11) is 1.92. The molecule has 0 radical (unpaired) electrons. The van der Waals surface area contributed by atoms with Crippen molar-refractivity contribution in [3.8, 4) is 11.4 Å². The fourth-order valence-electron chi connectivity index (χ4n) is 4.73. The second-order valence-corrected chi connectivity index (χ2v) is 11.2. The van der Waals surface area contributed by atoms with E-state index >= 15 is 0 Å². The Morgan fingerprint density at radius 1 is 1.19 bits per heavy atom. The van der Waals surface area contributed by atoms with Gasteiger partial charge in [-0.25, -0.2) is 18.2 Å². The molecular formula is C25H31ClF3N5O2. The number of nitrogens with one attached hydrogen (secondary N) is 1. The zero-order chi connectivity index (χ0) is 26.4. The van der Waals surface area contributed by atoms with Crippen LogP contribution in [0.15, 0.2) is 18.2 Å². The van der Waals surface area contributed by atoms with Crippen LogP contribution in [0.1, 0.15) is 49.8 Å². The summed E-state index contributed by atoms with van der Waals surface area (Å²) in [6, 6.07) is 3.11. The van der Waals surface area contributed by atoms with E-state index in [1.54, 1.807) is 20.8 Å². The number of hydrogen-bond acceptors (Lipinski definition) is 4. The van der Waals surface area contributed by atoms with Crippen molar-refractivity contribution in [2.45, 2.75) is 58.7 Å². The van der Waals surface area contributed by atoms with Crippen molar-refractivity contribution in [1.82, 2.24) is 24.7 Å². The van der Waals surface area contributed by atoms with Crippen LogP contribution < -0.4 is 5.32 Å². The Bertz CT molecular complexity index is 1180. The van der Waals surface area contributed by atoms with E-state index in [-0.39, 0.29) is 23.6 Å². The molecule has 196 valence electrons. The van der Waals surface area contributed by atoms with Gasteiger partial charge in [-0.3, -0.25) is 9.59 Å². The lowest BCUT2D eigenvalue weighted by molar-refractivity contribution is -0.136. The van der Waals surface area contributed by atoms with Gasteiger partial charge in [-0.05, 0) is 43.6 Å². The van der Waals surface area contributed by atoms with Crippen molar-refractivity contribution in [3.05, 3.63) is 40.4 Å². The molecule has 36 heavy (non-hydrogen) atoms. The van der Waals surface area contributed by atoms with Gasteiger partial charge in [0.15, 0.2) is 5.69 Å². The molecule has 1 atom stereocenters. The van der Waals surface area contributed by atoms with Gasteiger partial charge in [-0.1, -0.05) is 32.4 Å². The van der Waals surface area contributed by atoms with E-state index in [9.17, 15) is 22.8 Å². The third-order valence-corrected chi connectivity index (χ3v) is 6.90. The molecule has 1 aromatic heterocycles. The Labute approximate surface area is 213 Å². The van der Waals surface area contributed by atoms with Gasteiger partial charge < -0.3 is 19.7 Å². The minimum absolute atomic E-state index is 0.0723. The molecule has 2 aliphatic heterocycles. The summed E-state index contributed by atoms with van der Waals surface area (Å²) < 4.78 is 44.2. The second kappa shape index (κ2) is 9.70. The Balaban J connectivity index is 1.72. The number of rotatable bonds is 4. The average Bonchev–Trinajstić information content (AvgIpc) is 3.25. The minimum atomic E-state index is -2.94. The lowest BCUT2D eigenvalue weighted by Crippen LogP contribution is -2.54. The van der Waals surface area contributed by atoms with Crippen LogP contribution in [-0.2, 0) is 17.9 Å². The summed E-state index contributed by atoms with van der Waals surface area (Å²) in [5, 5.41) is 3.10. The molecule has 2 aromatic rings. The molecule has 0 saturated carbocycles. The lowest BCUT2D eigenvalue weighted by Gasteiger charge is -2.33. The van der Waals surface area contributed by atoms with Crippen LogP contribution in [0.25, 0.3) is 11.4 Å². The zero-order valence-electron chi connectivity index (χ0n) is 20.9. The van der Waals surface area contributed by atoms with E-state index in [1.807, 2.05) is 16.5 Å². The summed E-state index contributed by atoms with van der Waals surface area (Å²) in [4.78, 5) is 34.5. The third kappa shape index (κ3) is 5.39. The van der Waals surface area contributed by atoms with Crippen molar-refractivity contribution < 1.29 is 22.8 Å². The molecule has 1 aromatic carbocycles. The van der Waals surface area contributed by atoms with Crippen LogP contribution >= 0.6 is 11.6 Å². The Morgan fingerprint density at radius 2 is 1.92 bits per heavy atom. The monoisotopic (exact) mass is 525 g/mol. The highest BCUT2D eigenvalue weighted by Gasteiger charge is 2.45. The van der Waals surface area contributed by atoms with E-state index < -0.39 is 48.0 Å². The third-order valence-electron chi connectivity index (χ3n) is 6.67. The fourth-order valence-corrected chi connectivity index (χ4v) is 4.90.